The van der Waals surface area contributed by atoms with Gasteiger partial charge >= 0.3 is 5.97 Å². The normalized spacial score (nSPS) is 10.6. The van der Waals surface area contributed by atoms with Gasteiger partial charge in [-0.2, -0.15) is 0 Å². The Balaban J connectivity index is 2.43. The fourth-order valence-electron chi connectivity index (χ4n) is 2.85. The first-order valence-electron chi connectivity index (χ1n) is 9.59. The van der Waals surface area contributed by atoms with E-state index in [0.717, 1.165) is 6.07 Å². The van der Waals surface area contributed by atoms with E-state index in [1.54, 1.807) is 18.2 Å². The fraction of sp³-hybridized carbons (Fsp3) is 0.391. The van der Waals surface area contributed by atoms with Crippen LogP contribution >= 0.6 is 0 Å². The number of carbonyl (C=O) groups is 2. The molecule has 0 aliphatic heterocycles. The van der Waals surface area contributed by atoms with E-state index in [-0.39, 0.29) is 35.0 Å². The second kappa shape index (κ2) is 10.6. The smallest absolute Gasteiger partial charge is 0.305 e. The first-order chi connectivity index (χ1) is 14.3. The molecule has 0 aliphatic rings. The van der Waals surface area contributed by atoms with E-state index >= 15 is 0 Å². The van der Waals surface area contributed by atoms with Crippen molar-refractivity contribution in [1.29, 1.82) is 0 Å². The zero-order chi connectivity index (χ0) is 22.3. The molecule has 0 amide bonds. The average Bonchev–Trinajstić information content (AvgIpc) is 2.74. The Kier molecular flexibility index (Phi) is 8.21. The topological polar surface area (TPSA) is 71.1 Å². The van der Waals surface area contributed by atoms with Crippen molar-refractivity contribution in [2.45, 2.75) is 26.7 Å². The lowest BCUT2D eigenvalue weighted by atomic mass is 9.97. The Morgan fingerprint density at radius 1 is 1.00 bits per heavy atom. The zero-order valence-corrected chi connectivity index (χ0v) is 17.9. The van der Waals surface area contributed by atoms with Crippen LogP contribution in [0.5, 0.6) is 17.2 Å². The predicted molar refractivity (Wildman–Crippen MR) is 110 cm³/mol. The second-order valence-electron chi connectivity index (χ2n) is 7.12. The summed E-state index contributed by atoms with van der Waals surface area (Å²) in [6.07, 6.45) is 0.454. The molecule has 0 unspecified atom stereocenters. The summed E-state index contributed by atoms with van der Waals surface area (Å²) in [5, 5.41) is 0. The highest BCUT2D eigenvalue weighted by Crippen LogP contribution is 2.31. The van der Waals surface area contributed by atoms with Gasteiger partial charge in [0, 0.05) is 24.1 Å². The second-order valence-corrected chi connectivity index (χ2v) is 7.12. The number of ether oxygens (including phenoxy) is 4. The highest BCUT2D eigenvalue weighted by atomic mass is 19.1. The van der Waals surface area contributed by atoms with Gasteiger partial charge in [-0.15, -0.1) is 0 Å². The van der Waals surface area contributed by atoms with E-state index in [2.05, 4.69) is 0 Å². The number of carbonyl (C=O) groups excluding carboxylic acids is 2. The average molecular weight is 418 g/mol. The quantitative estimate of drug-likeness (QED) is 0.425. The Morgan fingerprint density at radius 2 is 1.73 bits per heavy atom. The van der Waals surface area contributed by atoms with Crippen LogP contribution < -0.4 is 14.2 Å². The van der Waals surface area contributed by atoms with Gasteiger partial charge in [-0.3, -0.25) is 9.59 Å². The summed E-state index contributed by atoms with van der Waals surface area (Å²) in [5.41, 5.74) is 0.738. The maximum Gasteiger partial charge on any atom is 0.305 e. The lowest BCUT2D eigenvalue weighted by Crippen LogP contribution is -2.11. The maximum absolute atomic E-state index is 14.6. The monoisotopic (exact) mass is 418 g/mol. The molecule has 7 heteroatoms. The van der Waals surface area contributed by atoms with E-state index in [1.165, 1.54) is 27.4 Å². The molecule has 0 N–H and O–H groups in total. The molecule has 0 heterocycles. The van der Waals surface area contributed by atoms with Gasteiger partial charge < -0.3 is 18.9 Å². The number of esters is 1. The molecule has 30 heavy (non-hydrogen) atoms. The van der Waals surface area contributed by atoms with Crippen LogP contribution in [-0.4, -0.2) is 39.7 Å². The van der Waals surface area contributed by atoms with Crippen LogP contribution in [0.25, 0.3) is 0 Å². The van der Waals surface area contributed by atoms with Crippen molar-refractivity contribution < 1.29 is 32.9 Å². The third-order valence-electron chi connectivity index (χ3n) is 4.43. The highest BCUT2D eigenvalue weighted by molar-refractivity contribution is 6.11. The van der Waals surface area contributed by atoms with Crippen LogP contribution in [0.2, 0.25) is 0 Å². The first-order valence-corrected chi connectivity index (χ1v) is 9.59. The predicted octanol–water partition coefficient (Wildman–Crippen LogP) is 4.21. The van der Waals surface area contributed by atoms with Gasteiger partial charge in [-0.05, 0) is 36.1 Å². The molecule has 0 bridgehead atoms. The Bertz CT molecular complexity index is 907. The summed E-state index contributed by atoms with van der Waals surface area (Å²) in [6, 6.07) is 7.44. The van der Waals surface area contributed by atoms with Gasteiger partial charge in [0.25, 0.3) is 0 Å². The number of benzene rings is 2. The molecule has 0 radical (unpaired) electrons. The van der Waals surface area contributed by atoms with Crippen LogP contribution in [0, 0.1) is 11.7 Å². The lowest BCUT2D eigenvalue weighted by molar-refractivity contribution is -0.140. The first kappa shape index (κ1) is 23.2. The number of hydrogen-bond acceptors (Lipinski definition) is 6. The molecule has 0 spiro atoms. The summed E-state index contributed by atoms with van der Waals surface area (Å²) >= 11 is 0. The van der Waals surface area contributed by atoms with Gasteiger partial charge in [0.1, 0.15) is 28.6 Å². The number of aryl methyl sites for hydroxylation is 1. The molecule has 0 fully saturated rings. The summed E-state index contributed by atoms with van der Waals surface area (Å²) in [5.74, 6) is -0.451. The highest BCUT2D eigenvalue weighted by Gasteiger charge is 2.22. The van der Waals surface area contributed by atoms with Gasteiger partial charge in [-0.1, -0.05) is 13.8 Å². The number of halogens is 1. The molecule has 6 nitrogen and oxygen atoms in total. The van der Waals surface area contributed by atoms with E-state index in [9.17, 15) is 14.0 Å². The number of methoxy groups -OCH3 is 3. The Hall–Kier alpha value is -3.09. The van der Waals surface area contributed by atoms with Crippen molar-refractivity contribution in [2.24, 2.45) is 5.92 Å². The molecule has 0 atom stereocenters. The molecule has 0 saturated carbocycles. The Labute approximate surface area is 175 Å². The minimum Gasteiger partial charge on any atom is -0.497 e. The van der Waals surface area contributed by atoms with Crippen molar-refractivity contribution in [3.8, 4) is 17.2 Å². The van der Waals surface area contributed by atoms with Crippen molar-refractivity contribution in [3.05, 3.63) is 52.8 Å². The van der Waals surface area contributed by atoms with E-state index in [4.69, 9.17) is 18.9 Å². The molecule has 162 valence electrons. The standard InChI is InChI=1S/C23H27FO6/c1-14(2)13-30-19-8-6-16(10-15(19)7-9-21(25)29-5)23(26)22-18(24)11-17(27-3)12-20(22)28-4/h6,8,10-12,14H,7,9,13H2,1-5H3. The SMILES string of the molecule is COC(=O)CCc1cc(C(=O)c2c(F)cc(OC)cc2OC)ccc1OCC(C)C. The molecule has 0 aromatic heterocycles. The largest absolute Gasteiger partial charge is 0.497 e. The molecule has 2 aromatic rings. The lowest BCUT2D eigenvalue weighted by Gasteiger charge is -2.15. The van der Waals surface area contributed by atoms with Crippen LogP contribution in [0.1, 0.15) is 41.8 Å². The van der Waals surface area contributed by atoms with E-state index < -0.39 is 11.6 Å². The van der Waals surface area contributed by atoms with Crippen LogP contribution in [0.4, 0.5) is 4.39 Å². The van der Waals surface area contributed by atoms with Crippen molar-refractivity contribution >= 4 is 11.8 Å². The third-order valence-corrected chi connectivity index (χ3v) is 4.43. The number of hydrogen-bond donors (Lipinski definition) is 0. The summed E-state index contributed by atoms with van der Waals surface area (Å²) < 4.78 is 35.4. The molecule has 0 aliphatic carbocycles. The fourth-order valence-corrected chi connectivity index (χ4v) is 2.85. The Morgan fingerprint density at radius 3 is 2.33 bits per heavy atom. The van der Waals surface area contributed by atoms with E-state index in [0.29, 0.717) is 30.3 Å². The van der Waals surface area contributed by atoms with Gasteiger partial charge in [-0.25, -0.2) is 4.39 Å². The summed E-state index contributed by atoms with van der Waals surface area (Å²) in [4.78, 5) is 24.7. The third kappa shape index (κ3) is 5.72. The summed E-state index contributed by atoms with van der Waals surface area (Å²) in [7, 11) is 4.08. The molecular weight excluding hydrogens is 391 g/mol. The van der Waals surface area contributed by atoms with Gasteiger partial charge in [0.15, 0.2) is 5.78 Å². The van der Waals surface area contributed by atoms with E-state index in [1.807, 2.05) is 13.8 Å². The molecule has 2 aromatic carbocycles. The molecule has 0 saturated heterocycles. The van der Waals surface area contributed by atoms with Crippen LogP contribution in [0.15, 0.2) is 30.3 Å². The summed E-state index contributed by atoms with van der Waals surface area (Å²) in [6.45, 7) is 4.52. The number of rotatable bonds is 10. The maximum atomic E-state index is 14.6. The number of ketones is 1. The molecule has 2 rings (SSSR count). The molecular formula is C23H27FO6. The minimum absolute atomic E-state index is 0.0769. The van der Waals surface area contributed by atoms with Crippen molar-refractivity contribution in [2.75, 3.05) is 27.9 Å². The van der Waals surface area contributed by atoms with Crippen LogP contribution in [-0.2, 0) is 16.0 Å². The van der Waals surface area contributed by atoms with Gasteiger partial charge in [0.2, 0.25) is 0 Å². The minimum atomic E-state index is -0.743. The van der Waals surface area contributed by atoms with Gasteiger partial charge in [0.05, 0.1) is 27.9 Å². The van der Waals surface area contributed by atoms with Crippen LogP contribution in [0.3, 0.4) is 0 Å². The zero-order valence-electron chi connectivity index (χ0n) is 17.9. The van der Waals surface area contributed by atoms with Crippen molar-refractivity contribution in [1.82, 2.24) is 0 Å². The van der Waals surface area contributed by atoms with Crippen molar-refractivity contribution in [3.63, 3.8) is 0 Å².